The van der Waals surface area contributed by atoms with Gasteiger partial charge < -0.3 is 18.9 Å². The first-order valence-electron chi connectivity index (χ1n) is 14.6. The monoisotopic (exact) mass is 597 g/mol. The van der Waals surface area contributed by atoms with E-state index in [1.807, 2.05) is 51.1 Å². The predicted molar refractivity (Wildman–Crippen MR) is 175 cm³/mol. The number of benzene rings is 2. The molecule has 0 saturated carbocycles. The van der Waals surface area contributed by atoms with Crippen molar-refractivity contribution in [2.75, 3.05) is 5.32 Å². The number of nitrogens with zero attached hydrogens (tertiary/aromatic N) is 2. The molecule has 0 atom stereocenters. The fourth-order valence-corrected chi connectivity index (χ4v) is 5.12. The number of aromatic nitrogens is 2. The van der Waals surface area contributed by atoms with Crippen LogP contribution in [0, 0.1) is 6.92 Å². The molecule has 0 aliphatic carbocycles. The van der Waals surface area contributed by atoms with Crippen LogP contribution >= 0.6 is 0 Å². The quantitative estimate of drug-likeness (QED) is 0.117. The van der Waals surface area contributed by atoms with Crippen molar-refractivity contribution in [3.8, 4) is 17.0 Å². The van der Waals surface area contributed by atoms with Crippen LogP contribution < -0.4 is 9.74 Å². The van der Waals surface area contributed by atoms with Crippen molar-refractivity contribution < 1.29 is 18.4 Å². The maximum Gasteiger partial charge on any atom is 0.355 e. The predicted octanol–water partition coefficient (Wildman–Crippen LogP) is 8.81. The zero-order valence-corrected chi connectivity index (χ0v) is 27.7. The van der Waals surface area contributed by atoms with Gasteiger partial charge in [0.15, 0.2) is 5.82 Å². The lowest BCUT2D eigenvalue weighted by molar-refractivity contribution is -0.149. The topological polar surface area (TPSA) is 86.5 Å². The zero-order chi connectivity index (χ0) is 31.4. The van der Waals surface area contributed by atoms with E-state index in [0.29, 0.717) is 29.4 Å². The molecule has 0 amide bonds. The standard InChI is InChI=1S/C35H43N3O4Si/c1-24-13-10-14-25(19-24)20-29-32(38-30(22-27-17-12-18-40-27)33(39)41-34(2,3)4)36-23-31(37-29)26-15-11-16-28(21-26)42-43(8,9)35(5,6)7/h10-19,21-23H,20H2,1-9H3,(H,36,38)/b30-22-. The summed E-state index contributed by atoms with van der Waals surface area (Å²) in [6.07, 6.45) is 5.39. The molecular formula is C35H43N3O4Si. The lowest BCUT2D eigenvalue weighted by Crippen LogP contribution is -2.43. The normalized spacial score (nSPS) is 12.6. The maximum absolute atomic E-state index is 13.3. The van der Waals surface area contributed by atoms with Gasteiger partial charge in [-0.25, -0.2) is 14.8 Å². The largest absolute Gasteiger partial charge is 0.543 e. The molecule has 4 aromatic rings. The highest BCUT2D eigenvalue weighted by Crippen LogP contribution is 2.38. The third-order valence-corrected chi connectivity index (χ3v) is 11.7. The van der Waals surface area contributed by atoms with Crippen LogP contribution in [0.4, 0.5) is 5.82 Å². The molecule has 7 nitrogen and oxygen atoms in total. The van der Waals surface area contributed by atoms with E-state index in [1.165, 1.54) is 0 Å². The van der Waals surface area contributed by atoms with E-state index in [2.05, 4.69) is 64.3 Å². The fraction of sp³-hybridized carbons (Fsp3) is 0.343. The Balaban J connectivity index is 1.75. The Morgan fingerprint density at radius 2 is 1.74 bits per heavy atom. The molecule has 43 heavy (non-hydrogen) atoms. The van der Waals surface area contributed by atoms with Gasteiger partial charge in [0.05, 0.1) is 23.8 Å². The van der Waals surface area contributed by atoms with Gasteiger partial charge in [-0.3, -0.25) is 0 Å². The van der Waals surface area contributed by atoms with Crippen LogP contribution in [0.15, 0.2) is 83.2 Å². The number of esters is 1. The second-order valence-electron chi connectivity index (χ2n) is 13.3. The molecule has 226 valence electrons. The van der Waals surface area contributed by atoms with Crippen LogP contribution in [0.2, 0.25) is 18.1 Å². The zero-order valence-electron chi connectivity index (χ0n) is 26.7. The molecule has 0 spiro atoms. The summed E-state index contributed by atoms with van der Waals surface area (Å²) in [6.45, 7) is 18.7. The Kier molecular flexibility index (Phi) is 9.30. The van der Waals surface area contributed by atoms with Crippen LogP contribution in [0.5, 0.6) is 5.75 Å². The van der Waals surface area contributed by atoms with Gasteiger partial charge in [-0.05, 0) is 75.7 Å². The third kappa shape index (κ3) is 8.67. The average molecular weight is 598 g/mol. The van der Waals surface area contributed by atoms with E-state index < -0.39 is 19.9 Å². The van der Waals surface area contributed by atoms with E-state index in [-0.39, 0.29) is 10.7 Å². The Labute approximate surface area is 256 Å². The number of furan rings is 1. The number of hydrogen-bond donors (Lipinski definition) is 1. The summed E-state index contributed by atoms with van der Waals surface area (Å²) in [5.74, 6) is 1.27. The number of anilines is 1. The minimum absolute atomic E-state index is 0.0755. The summed E-state index contributed by atoms with van der Waals surface area (Å²) in [7, 11) is -2.02. The van der Waals surface area contributed by atoms with Crippen molar-refractivity contribution >= 4 is 26.2 Å². The first-order valence-corrected chi connectivity index (χ1v) is 17.5. The average Bonchev–Trinajstić information content (AvgIpc) is 3.41. The molecule has 2 heterocycles. The molecule has 4 rings (SSSR count). The summed E-state index contributed by atoms with van der Waals surface area (Å²) in [5.41, 5.74) is 4.05. The Morgan fingerprint density at radius 1 is 1.00 bits per heavy atom. The second kappa shape index (κ2) is 12.6. The van der Waals surface area contributed by atoms with Gasteiger partial charge in [0, 0.05) is 18.1 Å². The van der Waals surface area contributed by atoms with Gasteiger partial charge in [0.1, 0.15) is 22.8 Å². The van der Waals surface area contributed by atoms with Gasteiger partial charge in [-0.2, -0.15) is 0 Å². The number of aryl methyl sites for hydroxylation is 1. The molecule has 0 bridgehead atoms. The molecule has 8 heteroatoms. The Morgan fingerprint density at radius 3 is 2.40 bits per heavy atom. The first-order chi connectivity index (χ1) is 20.1. The first kappa shape index (κ1) is 31.8. The molecule has 2 aromatic carbocycles. The minimum Gasteiger partial charge on any atom is -0.543 e. The second-order valence-corrected chi connectivity index (χ2v) is 18.0. The van der Waals surface area contributed by atoms with Crippen molar-refractivity contribution in [2.45, 2.75) is 78.6 Å². The number of rotatable bonds is 9. The van der Waals surface area contributed by atoms with Gasteiger partial charge in [0.2, 0.25) is 8.32 Å². The fourth-order valence-electron chi connectivity index (χ4n) is 4.10. The third-order valence-electron chi connectivity index (χ3n) is 7.31. The molecular weight excluding hydrogens is 554 g/mol. The van der Waals surface area contributed by atoms with Gasteiger partial charge in [0.25, 0.3) is 0 Å². The van der Waals surface area contributed by atoms with E-state index in [0.717, 1.165) is 22.4 Å². The van der Waals surface area contributed by atoms with Crippen molar-refractivity contribution in [3.05, 3.63) is 101 Å². The van der Waals surface area contributed by atoms with Crippen molar-refractivity contribution in [1.82, 2.24) is 9.97 Å². The summed E-state index contributed by atoms with van der Waals surface area (Å²) >= 11 is 0. The molecule has 2 aromatic heterocycles. The van der Waals surface area contributed by atoms with E-state index in [1.54, 1.807) is 30.7 Å². The van der Waals surface area contributed by atoms with E-state index in [4.69, 9.17) is 23.5 Å². The highest BCUT2D eigenvalue weighted by molar-refractivity contribution is 6.74. The van der Waals surface area contributed by atoms with Crippen LogP contribution in [0.3, 0.4) is 0 Å². The summed E-state index contributed by atoms with van der Waals surface area (Å²) in [6, 6.07) is 19.8. The summed E-state index contributed by atoms with van der Waals surface area (Å²) in [4.78, 5) is 23.1. The molecule has 0 unspecified atom stereocenters. The van der Waals surface area contributed by atoms with Crippen molar-refractivity contribution in [3.63, 3.8) is 0 Å². The number of carbonyl (C=O) groups excluding carboxylic acids is 1. The molecule has 0 saturated heterocycles. The van der Waals surface area contributed by atoms with Crippen molar-refractivity contribution in [2.24, 2.45) is 0 Å². The lowest BCUT2D eigenvalue weighted by Gasteiger charge is -2.36. The molecule has 0 aliphatic heterocycles. The lowest BCUT2D eigenvalue weighted by atomic mass is 10.1. The van der Waals surface area contributed by atoms with Gasteiger partial charge >= 0.3 is 5.97 Å². The molecule has 0 fully saturated rings. The number of carbonyl (C=O) groups is 1. The van der Waals surface area contributed by atoms with Crippen LogP contribution in [-0.4, -0.2) is 29.9 Å². The van der Waals surface area contributed by atoms with Crippen LogP contribution in [0.25, 0.3) is 17.3 Å². The SMILES string of the molecule is Cc1cccc(Cc2nc(-c3cccc(O[Si](C)(C)C(C)(C)C)c3)cnc2N/C(=C\c2ccco2)C(=O)OC(C)(C)C)c1. The smallest absolute Gasteiger partial charge is 0.355 e. The number of ether oxygens (including phenoxy) is 1. The Hall–Kier alpha value is -4.17. The highest BCUT2D eigenvalue weighted by Gasteiger charge is 2.39. The van der Waals surface area contributed by atoms with Crippen molar-refractivity contribution in [1.29, 1.82) is 0 Å². The number of nitrogens with one attached hydrogen (secondary N) is 1. The van der Waals surface area contributed by atoms with Crippen LogP contribution in [0.1, 0.15) is 64.1 Å². The number of hydrogen-bond acceptors (Lipinski definition) is 7. The Bertz CT molecular complexity index is 1600. The maximum atomic E-state index is 13.3. The molecule has 0 aliphatic rings. The van der Waals surface area contributed by atoms with E-state index >= 15 is 0 Å². The summed E-state index contributed by atoms with van der Waals surface area (Å²) in [5, 5.41) is 3.29. The van der Waals surface area contributed by atoms with Crippen LogP contribution in [-0.2, 0) is 16.0 Å². The highest BCUT2D eigenvalue weighted by atomic mass is 28.4. The van der Waals surface area contributed by atoms with Gasteiger partial charge in [-0.15, -0.1) is 0 Å². The van der Waals surface area contributed by atoms with Gasteiger partial charge in [-0.1, -0.05) is 62.7 Å². The molecule has 1 N–H and O–H groups in total. The molecule has 0 radical (unpaired) electrons. The summed E-state index contributed by atoms with van der Waals surface area (Å²) < 4.78 is 17.8. The van der Waals surface area contributed by atoms with E-state index in [9.17, 15) is 4.79 Å². The minimum atomic E-state index is -2.02.